The van der Waals surface area contributed by atoms with E-state index in [2.05, 4.69) is 5.32 Å². The highest BCUT2D eigenvalue weighted by atomic mass is 16.2. The predicted octanol–water partition coefficient (Wildman–Crippen LogP) is 0.625. The molecule has 14 heavy (non-hydrogen) atoms. The van der Waals surface area contributed by atoms with Crippen LogP contribution in [0, 0.1) is 5.92 Å². The van der Waals surface area contributed by atoms with Crippen molar-refractivity contribution in [3.05, 3.63) is 0 Å². The van der Waals surface area contributed by atoms with E-state index >= 15 is 0 Å². The van der Waals surface area contributed by atoms with Crippen LogP contribution >= 0.6 is 0 Å². The van der Waals surface area contributed by atoms with E-state index in [0.717, 1.165) is 0 Å². The molecule has 0 aromatic carbocycles. The monoisotopic (exact) mass is 200 g/mol. The molecule has 2 amide bonds. The number of nitrogens with zero attached hydrogens (tertiary/aromatic N) is 1. The van der Waals surface area contributed by atoms with Gasteiger partial charge in [-0.2, -0.15) is 0 Å². The Kier molecular flexibility index (Phi) is 5.20. The Bertz CT molecular complexity index is 212. The number of hydrogen-bond donors (Lipinski definition) is 1. The smallest absolute Gasteiger partial charge is 0.239 e. The van der Waals surface area contributed by atoms with Gasteiger partial charge in [0.05, 0.1) is 6.54 Å². The summed E-state index contributed by atoms with van der Waals surface area (Å²) < 4.78 is 0. The third-order valence-corrected chi connectivity index (χ3v) is 1.70. The standard InChI is InChI=1S/C10H20N2O2/c1-7(2)10(14)12(5)6-9(13)11-8(3)4/h7-8H,6H2,1-5H3,(H,11,13). The average molecular weight is 200 g/mol. The number of hydrogen-bond acceptors (Lipinski definition) is 2. The van der Waals surface area contributed by atoms with Crippen molar-refractivity contribution >= 4 is 11.8 Å². The van der Waals surface area contributed by atoms with Crippen LogP contribution in [-0.4, -0.2) is 36.3 Å². The van der Waals surface area contributed by atoms with Gasteiger partial charge in [0.15, 0.2) is 0 Å². The zero-order valence-corrected chi connectivity index (χ0v) is 9.63. The van der Waals surface area contributed by atoms with Gasteiger partial charge in [-0.3, -0.25) is 9.59 Å². The molecule has 82 valence electrons. The van der Waals surface area contributed by atoms with Gasteiger partial charge in [-0.1, -0.05) is 13.8 Å². The number of nitrogens with one attached hydrogen (secondary N) is 1. The van der Waals surface area contributed by atoms with Crippen molar-refractivity contribution in [2.45, 2.75) is 33.7 Å². The van der Waals surface area contributed by atoms with E-state index in [4.69, 9.17) is 0 Å². The van der Waals surface area contributed by atoms with E-state index in [1.165, 1.54) is 4.90 Å². The average Bonchev–Trinajstić information content (AvgIpc) is 2.00. The van der Waals surface area contributed by atoms with Crippen LogP contribution in [0.2, 0.25) is 0 Å². The Morgan fingerprint density at radius 1 is 1.21 bits per heavy atom. The Balaban J connectivity index is 4.00. The fourth-order valence-electron chi connectivity index (χ4n) is 1.10. The molecule has 0 unspecified atom stereocenters. The number of rotatable bonds is 4. The molecule has 0 aromatic heterocycles. The highest BCUT2D eigenvalue weighted by molar-refractivity contribution is 5.85. The maximum absolute atomic E-state index is 11.4. The molecule has 0 radical (unpaired) electrons. The van der Waals surface area contributed by atoms with Gasteiger partial charge >= 0.3 is 0 Å². The first kappa shape index (κ1) is 12.9. The molecule has 0 atom stereocenters. The summed E-state index contributed by atoms with van der Waals surface area (Å²) in [5, 5.41) is 2.73. The molecule has 0 rings (SSSR count). The Morgan fingerprint density at radius 3 is 2.07 bits per heavy atom. The molecule has 0 aliphatic rings. The first-order chi connectivity index (χ1) is 6.34. The maximum atomic E-state index is 11.4. The van der Waals surface area contributed by atoms with Crippen molar-refractivity contribution in [3.63, 3.8) is 0 Å². The summed E-state index contributed by atoms with van der Waals surface area (Å²) in [4.78, 5) is 24.1. The van der Waals surface area contributed by atoms with E-state index in [1.807, 2.05) is 27.7 Å². The summed E-state index contributed by atoms with van der Waals surface area (Å²) in [6.07, 6.45) is 0. The Hall–Kier alpha value is -1.06. The second kappa shape index (κ2) is 5.62. The van der Waals surface area contributed by atoms with Gasteiger partial charge in [0.25, 0.3) is 0 Å². The van der Waals surface area contributed by atoms with E-state index in [-0.39, 0.29) is 30.3 Å². The van der Waals surface area contributed by atoms with Crippen molar-refractivity contribution in [3.8, 4) is 0 Å². The van der Waals surface area contributed by atoms with Crippen molar-refractivity contribution < 1.29 is 9.59 Å². The van der Waals surface area contributed by atoms with E-state index < -0.39 is 0 Å². The normalized spacial score (nSPS) is 10.5. The van der Waals surface area contributed by atoms with Crippen molar-refractivity contribution in [2.24, 2.45) is 5.92 Å². The lowest BCUT2D eigenvalue weighted by atomic mass is 10.2. The van der Waals surface area contributed by atoms with Crippen LogP contribution in [0.5, 0.6) is 0 Å². The second-order valence-electron chi connectivity index (χ2n) is 4.07. The lowest BCUT2D eigenvalue weighted by Gasteiger charge is -2.19. The first-order valence-electron chi connectivity index (χ1n) is 4.89. The van der Waals surface area contributed by atoms with Crippen molar-refractivity contribution in [2.75, 3.05) is 13.6 Å². The third kappa shape index (κ3) is 4.84. The Morgan fingerprint density at radius 2 is 1.71 bits per heavy atom. The number of carbonyl (C=O) groups excluding carboxylic acids is 2. The van der Waals surface area contributed by atoms with Crippen LogP contribution in [0.1, 0.15) is 27.7 Å². The van der Waals surface area contributed by atoms with Gasteiger partial charge < -0.3 is 10.2 Å². The largest absolute Gasteiger partial charge is 0.352 e. The van der Waals surface area contributed by atoms with Crippen LogP contribution in [0.15, 0.2) is 0 Å². The number of amides is 2. The maximum Gasteiger partial charge on any atom is 0.239 e. The molecule has 0 aliphatic carbocycles. The molecule has 0 aliphatic heterocycles. The van der Waals surface area contributed by atoms with Gasteiger partial charge in [-0.25, -0.2) is 0 Å². The van der Waals surface area contributed by atoms with E-state index in [0.29, 0.717) is 0 Å². The third-order valence-electron chi connectivity index (χ3n) is 1.70. The molecular formula is C10H20N2O2. The summed E-state index contributed by atoms with van der Waals surface area (Å²) >= 11 is 0. The molecule has 0 aromatic rings. The summed E-state index contributed by atoms with van der Waals surface area (Å²) in [6.45, 7) is 7.55. The van der Waals surface area contributed by atoms with Crippen LogP contribution in [0.3, 0.4) is 0 Å². The number of likely N-dealkylation sites (N-methyl/N-ethyl adjacent to an activating group) is 1. The molecular weight excluding hydrogens is 180 g/mol. The first-order valence-corrected chi connectivity index (χ1v) is 4.89. The minimum atomic E-state index is -0.114. The lowest BCUT2D eigenvalue weighted by Crippen LogP contribution is -2.42. The van der Waals surface area contributed by atoms with Gasteiger partial charge in [-0.05, 0) is 13.8 Å². The zero-order valence-electron chi connectivity index (χ0n) is 9.63. The van der Waals surface area contributed by atoms with Crippen molar-refractivity contribution in [1.29, 1.82) is 0 Å². The minimum absolute atomic E-state index is 0.0103. The van der Waals surface area contributed by atoms with Gasteiger partial charge in [0, 0.05) is 19.0 Å². The quantitative estimate of drug-likeness (QED) is 0.723. The van der Waals surface area contributed by atoms with Gasteiger partial charge in [0.2, 0.25) is 11.8 Å². The fourth-order valence-corrected chi connectivity index (χ4v) is 1.10. The molecule has 0 bridgehead atoms. The summed E-state index contributed by atoms with van der Waals surface area (Å²) in [5.41, 5.74) is 0. The van der Waals surface area contributed by atoms with Gasteiger partial charge in [-0.15, -0.1) is 0 Å². The fraction of sp³-hybridized carbons (Fsp3) is 0.800. The molecule has 0 spiro atoms. The second-order valence-corrected chi connectivity index (χ2v) is 4.07. The molecule has 1 N–H and O–H groups in total. The minimum Gasteiger partial charge on any atom is -0.352 e. The summed E-state index contributed by atoms with van der Waals surface area (Å²) in [7, 11) is 1.64. The van der Waals surface area contributed by atoms with Crippen LogP contribution in [0.25, 0.3) is 0 Å². The van der Waals surface area contributed by atoms with E-state index in [9.17, 15) is 9.59 Å². The van der Waals surface area contributed by atoms with Crippen molar-refractivity contribution in [1.82, 2.24) is 10.2 Å². The molecule has 4 heteroatoms. The van der Waals surface area contributed by atoms with E-state index in [1.54, 1.807) is 7.05 Å². The molecule has 0 saturated heterocycles. The summed E-state index contributed by atoms with van der Waals surface area (Å²) in [6, 6.07) is 0.116. The lowest BCUT2D eigenvalue weighted by molar-refractivity contribution is -0.137. The molecule has 0 heterocycles. The zero-order chi connectivity index (χ0) is 11.3. The molecule has 0 saturated carbocycles. The summed E-state index contributed by atoms with van der Waals surface area (Å²) in [5.74, 6) is -0.188. The van der Waals surface area contributed by atoms with Crippen LogP contribution < -0.4 is 5.32 Å². The van der Waals surface area contributed by atoms with Crippen LogP contribution in [-0.2, 0) is 9.59 Å². The number of carbonyl (C=O) groups is 2. The highest BCUT2D eigenvalue weighted by Gasteiger charge is 2.15. The highest BCUT2D eigenvalue weighted by Crippen LogP contribution is 1.98. The Labute approximate surface area is 85.7 Å². The SMILES string of the molecule is CC(C)NC(=O)CN(C)C(=O)C(C)C. The molecule has 0 fully saturated rings. The predicted molar refractivity (Wildman–Crippen MR) is 55.8 cm³/mol. The van der Waals surface area contributed by atoms with Crippen LogP contribution in [0.4, 0.5) is 0 Å². The topological polar surface area (TPSA) is 49.4 Å². The van der Waals surface area contributed by atoms with Gasteiger partial charge in [0.1, 0.15) is 0 Å². The molecule has 4 nitrogen and oxygen atoms in total.